The quantitative estimate of drug-likeness (QED) is 0.808. The van der Waals surface area contributed by atoms with E-state index >= 15 is 0 Å². The molecule has 0 saturated carbocycles. The molecule has 0 atom stereocenters. The van der Waals surface area contributed by atoms with Crippen molar-refractivity contribution in [3.05, 3.63) is 22.2 Å². The van der Waals surface area contributed by atoms with Gasteiger partial charge >= 0.3 is 7.12 Å². The van der Waals surface area contributed by atoms with Gasteiger partial charge in [-0.25, -0.2) is 0 Å². The first-order chi connectivity index (χ1) is 8.14. The van der Waals surface area contributed by atoms with E-state index in [1.54, 1.807) is 6.07 Å². The van der Waals surface area contributed by atoms with Crippen LogP contribution in [0.15, 0.2) is 12.1 Å². The molecule has 1 heterocycles. The lowest BCUT2D eigenvalue weighted by Crippen LogP contribution is -2.41. The van der Waals surface area contributed by atoms with Crippen molar-refractivity contribution in [1.82, 2.24) is 0 Å². The van der Waals surface area contributed by atoms with Gasteiger partial charge in [0.25, 0.3) is 0 Å². The normalized spacial score (nSPS) is 21.3. The lowest BCUT2D eigenvalue weighted by molar-refractivity contribution is 0.00578. The maximum absolute atomic E-state index is 9.67. The van der Waals surface area contributed by atoms with Crippen molar-refractivity contribution in [3.8, 4) is 5.75 Å². The third-order valence-electron chi connectivity index (χ3n) is 3.56. The molecule has 0 aromatic heterocycles. The van der Waals surface area contributed by atoms with Gasteiger partial charge in [-0.3, -0.25) is 0 Å². The van der Waals surface area contributed by atoms with Crippen molar-refractivity contribution in [1.29, 1.82) is 0 Å². The van der Waals surface area contributed by atoms with Crippen LogP contribution in [0.3, 0.4) is 0 Å². The Morgan fingerprint density at radius 1 is 1.06 bits per heavy atom. The molecule has 0 spiro atoms. The van der Waals surface area contributed by atoms with Gasteiger partial charge in [-0.2, -0.15) is 0 Å². The summed E-state index contributed by atoms with van der Waals surface area (Å²) in [6.45, 7) is 7.85. The maximum atomic E-state index is 9.67. The zero-order valence-electron chi connectivity index (χ0n) is 10.8. The van der Waals surface area contributed by atoms with E-state index in [-0.39, 0.29) is 15.8 Å². The number of halogens is 2. The van der Waals surface area contributed by atoms with Gasteiger partial charge in [0, 0.05) is 0 Å². The molecular formula is C12H15BCl2O3. The number of aromatic hydroxyl groups is 1. The van der Waals surface area contributed by atoms with Crippen LogP contribution in [0.1, 0.15) is 27.7 Å². The average Bonchev–Trinajstić information content (AvgIpc) is 2.44. The molecule has 1 aliphatic heterocycles. The number of hydrogen-bond donors (Lipinski definition) is 1. The highest BCUT2D eigenvalue weighted by molar-refractivity contribution is 6.62. The summed E-state index contributed by atoms with van der Waals surface area (Å²) in [5, 5.41) is 10.1. The summed E-state index contributed by atoms with van der Waals surface area (Å²) in [6, 6.07) is 3.15. The van der Waals surface area contributed by atoms with E-state index in [1.165, 1.54) is 6.07 Å². The Kier molecular flexibility index (Phi) is 3.35. The Morgan fingerprint density at radius 3 is 2.00 bits per heavy atom. The Morgan fingerprint density at radius 2 is 1.56 bits per heavy atom. The Labute approximate surface area is 117 Å². The van der Waals surface area contributed by atoms with Crippen LogP contribution in [0.2, 0.25) is 10.0 Å². The maximum Gasteiger partial charge on any atom is 0.495 e. The van der Waals surface area contributed by atoms with Crippen LogP contribution in [0, 0.1) is 0 Å². The van der Waals surface area contributed by atoms with Crippen LogP contribution in [0.5, 0.6) is 5.75 Å². The van der Waals surface area contributed by atoms with Gasteiger partial charge in [0.1, 0.15) is 10.8 Å². The topological polar surface area (TPSA) is 38.7 Å². The van der Waals surface area contributed by atoms with E-state index < -0.39 is 18.3 Å². The second-order valence-electron chi connectivity index (χ2n) is 5.42. The SMILES string of the molecule is CC1(C)OB(c2cc(O)c(Cl)c(Cl)c2)OC1(C)C. The summed E-state index contributed by atoms with van der Waals surface area (Å²) in [7, 11) is -0.560. The van der Waals surface area contributed by atoms with Crippen molar-refractivity contribution in [2.45, 2.75) is 38.9 Å². The van der Waals surface area contributed by atoms with Crippen LogP contribution in [0.4, 0.5) is 0 Å². The van der Waals surface area contributed by atoms with E-state index in [1.807, 2.05) is 27.7 Å². The molecule has 0 radical (unpaired) electrons. The molecule has 0 bridgehead atoms. The molecule has 1 saturated heterocycles. The number of hydrogen-bond acceptors (Lipinski definition) is 3. The minimum Gasteiger partial charge on any atom is -0.506 e. The number of phenolic OH excluding ortho intramolecular Hbond substituents is 1. The predicted octanol–water partition coefficient (Wildman–Crippen LogP) is 3.00. The van der Waals surface area contributed by atoms with Crippen molar-refractivity contribution in [2.75, 3.05) is 0 Å². The minimum atomic E-state index is -0.560. The first-order valence-electron chi connectivity index (χ1n) is 5.67. The van der Waals surface area contributed by atoms with E-state index in [4.69, 9.17) is 32.5 Å². The second-order valence-corrected chi connectivity index (χ2v) is 6.21. The molecule has 1 aromatic carbocycles. The summed E-state index contributed by atoms with van der Waals surface area (Å²) in [4.78, 5) is 0. The Balaban J connectivity index is 2.36. The third kappa shape index (κ3) is 2.23. The van der Waals surface area contributed by atoms with Crippen molar-refractivity contribution in [3.63, 3.8) is 0 Å². The Bertz CT molecular complexity index is 449. The fourth-order valence-corrected chi connectivity index (χ4v) is 2.04. The van der Waals surface area contributed by atoms with Gasteiger partial charge in [0.15, 0.2) is 0 Å². The zero-order chi connectivity index (χ0) is 13.7. The van der Waals surface area contributed by atoms with Crippen molar-refractivity contribution in [2.24, 2.45) is 0 Å². The number of phenols is 1. The standard InChI is InChI=1S/C12H15BCl2O3/c1-11(2)12(3,4)18-13(17-11)7-5-8(14)10(15)9(16)6-7/h5-6,16H,1-4H3. The molecule has 3 nitrogen and oxygen atoms in total. The molecule has 1 N–H and O–H groups in total. The molecular weight excluding hydrogens is 274 g/mol. The fraction of sp³-hybridized carbons (Fsp3) is 0.500. The lowest BCUT2D eigenvalue weighted by Gasteiger charge is -2.32. The van der Waals surface area contributed by atoms with E-state index in [2.05, 4.69) is 0 Å². The number of benzene rings is 1. The third-order valence-corrected chi connectivity index (χ3v) is 4.35. The van der Waals surface area contributed by atoms with Crippen LogP contribution in [-0.4, -0.2) is 23.4 Å². The molecule has 0 unspecified atom stereocenters. The second kappa shape index (κ2) is 4.31. The summed E-state index contributed by atoms with van der Waals surface area (Å²) in [6.07, 6.45) is 0. The van der Waals surface area contributed by atoms with Crippen LogP contribution in [0.25, 0.3) is 0 Å². The van der Waals surface area contributed by atoms with Crippen LogP contribution >= 0.6 is 23.2 Å². The highest BCUT2D eigenvalue weighted by Gasteiger charge is 2.51. The van der Waals surface area contributed by atoms with E-state index in [0.29, 0.717) is 5.46 Å². The van der Waals surface area contributed by atoms with Gasteiger partial charge in [-0.15, -0.1) is 0 Å². The molecule has 18 heavy (non-hydrogen) atoms. The molecule has 1 aliphatic rings. The van der Waals surface area contributed by atoms with Gasteiger partial charge in [-0.1, -0.05) is 23.2 Å². The van der Waals surface area contributed by atoms with E-state index in [0.717, 1.165) is 0 Å². The first kappa shape index (κ1) is 14.0. The Hall–Kier alpha value is -0.415. The molecule has 6 heteroatoms. The molecule has 98 valence electrons. The van der Waals surface area contributed by atoms with Crippen molar-refractivity contribution < 1.29 is 14.4 Å². The van der Waals surface area contributed by atoms with E-state index in [9.17, 15) is 5.11 Å². The minimum absolute atomic E-state index is 0.0751. The molecule has 0 amide bonds. The smallest absolute Gasteiger partial charge is 0.495 e. The predicted molar refractivity (Wildman–Crippen MR) is 73.8 cm³/mol. The summed E-state index contributed by atoms with van der Waals surface area (Å²) in [5.41, 5.74) is -0.209. The highest BCUT2D eigenvalue weighted by Crippen LogP contribution is 2.37. The fourth-order valence-electron chi connectivity index (χ4n) is 1.71. The number of rotatable bonds is 1. The molecule has 0 aliphatic carbocycles. The molecule has 1 aromatic rings. The summed E-state index contributed by atoms with van der Waals surface area (Å²) < 4.78 is 11.7. The first-order valence-corrected chi connectivity index (χ1v) is 6.43. The monoisotopic (exact) mass is 288 g/mol. The van der Waals surface area contributed by atoms with Crippen LogP contribution in [-0.2, 0) is 9.31 Å². The highest BCUT2D eigenvalue weighted by atomic mass is 35.5. The lowest BCUT2D eigenvalue weighted by atomic mass is 9.79. The van der Waals surface area contributed by atoms with Crippen molar-refractivity contribution >= 4 is 35.8 Å². The van der Waals surface area contributed by atoms with Gasteiger partial charge in [0.05, 0.1) is 16.2 Å². The largest absolute Gasteiger partial charge is 0.506 e. The summed E-state index contributed by atoms with van der Waals surface area (Å²) in [5.74, 6) is -0.0751. The molecule has 1 fully saturated rings. The average molecular weight is 289 g/mol. The van der Waals surface area contributed by atoms with Crippen LogP contribution < -0.4 is 5.46 Å². The molecule has 2 rings (SSSR count). The van der Waals surface area contributed by atoms with Gasteiger partial charge in [0.2, 0.25) is 0 Å². The zero-order valence-corrected chi connectivity index (χ0v) is 12.3. The summed E-state index contributed by atoms with van der Waals surface area (Å²) >= 11 is 11.7. The van der Waals surface area contributed by atoms with Gasteiger partial charge in [-0.05, 0) is 45.3 Å². The van der Waals surface area contributed by atoms with Gasteiger partial charge < -0.3 is 14.4 Å².